The molecule has 0 amide bonds. The largest absolute Gasteiger partial charge is 0.458 e. The minimum Gasteiger partial charge on any atom is -0.458 e. The Kier molecular flexibility index (Phi) is 6.77. The van der Waals surface area contributed by atoms with Gasteiger partial charge in [0.1, 0.15) is 6.10 Å². The Morgan fingerprint density at radius 2 is 1.58 bits per heavy atom. The molecule has 0 spiro atoms. The smallest absolute Gasteiger partial charge is 0.338 e. The number of fused-ring (bicyclic) bond motifs is 1. The molecule has 1 fully saturated rings. The van der Waals surface area contributed by atoms with Crippen molar-refractivity contribution in [3.8, 4) is 11.1 Å². The molecule has 1 aliphatic carbocycles. The summed E-state index contributed by atoms with van der Waals surface area (Å²) in [5, 5.41) is 0.859. The van der Waals surface area contributed by atoms with E-state index >= 15 is 0 Å². The van der Waals surface area contributed by atoms with Crippen LogP contribution in [-0.4, -0.2) is 22.5 Å². The van der Waals surface area contributed by atoms with E-state index in [0.717, 1.165) is 34.9 Å². The van der Waals surface area contributed by atoms with Gasteiger partial charge < -0.3 is 4.74 Å². The third-order valence-electron chi connectivity index (χ3n) is 7.58. The average molecular weight is 480 g/mol. The highest BCUT2D eigenvalue weighted by molar-refractivity contribution is 6.08. The maximum absolute atomic E-state index is 13.4. The van der Waals surface area contributed by atoms with E-state index in [1.165, 1.54) is 6.42 Å². The molecule has 4 heteroatoms. The topological polar surface area (TPSA) is 48.3 Å². The molecule has 0 radical (unpaired) electrons. The van der Waals surface area contributed by atoms with Crippen molar-refractivity contribution in [2.24, 2.45) is 17.8 Å². The summed E-state index contributed by atoms with van der Waals surface area (Å²) < 4.78 is 7.81. The summed E-state index contributed by atoms with van der Waals surface area (Å²) >= 11 is 0. The number of rotatable bonds is 5. The van der Waals surface area contributed by atoms with Crippen LogP contribution in [0.2, 0.25) is 0 Å². The molecule has 4 nitrogen and oxygen atoms in total. The predicted molar refractivity (Wildman–Crippen MR) is 144 cm³/mol. The highest BCUT2D eigenvalue weighted by atomic mass is 16.5. The lowest BCUT2D eigenvalue weighted by Crippen LogP contribution is -2.35. The van der Waals surface area contributed by atoms with Crippen LogP contribution in [0.25, 0.3) is 22.0 Å². The number of carbonyl (C=O) groups is 2. The first kappa shape index (κ1) is 24.1. The minimum atomic E-state index is -0.289. The summed E-state index contributed by atoms with van der Waals surface area (Å²) in [4.78, 5) is 26.7. The van der Waals surface area contributed by atoms with E-state index in [0.29, 0.717) is 28.9 Å². The fourth-order valence-electron chi connectivity index (χ4n) is 5.55. The summed E-state index contributed by atoms with van der Waals surface area (Å²) in [7, 11) is 0. The van der Waals surface area contributed by atoms with Crippen molar-refractivity contribution in [1.82, 2.24) is 4.57 Å². The zero-order chi connectivity index (χ0) is 25.2. The molecule has 0 N–H and O–H groups in total. The summed E-state index contributed by atoms with van der Waals surface area (Å²) in [5.74, 6) is 1.03. The number of nitrogens with zero attached hydrogens (tertiary/aromatic N) is 1. The first-order valence-electron chi connectivity index (χ1n) is 12.9. The molecule has 3 atom stereocenters. The maximum Gasteiger partial charge on any atom is 0.338 e. The van der Waals surface area contributed by atoms with E-state index in [2.05, 4.69) is 20.8 Å². The average Bonchev–Trinajstić information content (AvgIpc) is 3.28. The van der Waals surface area contributed by atoms with E-state index in [1.807, 2.05) is 79.0 Å². The van der Waals surface area contributed by atoms with Gasteiger partial charge in [0.15, 0.2) is 0 Å². The van der Waals surface area contributed by atoms with Crippen LogP contribution in [0.1, 0.15) is 60.7 Å². The molecule has 1 heterocycles. The van der Waals surface area contributed by atoms with Crippen LogP contribution < -0.4 is 0 Å². The van der Waals surface area contributed by atoms with Crippen molar-refractivity contribution in [2.45, 2.75) is 46.1 Å². The Hall–Kier alpha value is -3.66. The lowest BCUT2D eigenvalue weighted by molar-refractivity contribution is -0.0174. The molecule has 1 aliphatic rings. The Balaban J connectivity index is 1.54. The van der Waals surface area contributed by atoms with Gasteiger partial charge in [0.05, 0.1) is 11.1 Å². The number of benzene rings is 3. The lowest BCUT2D eigenvalue weighted by atomic mass is 9.75. The highest BCUT2D eigenvalue weighted by Crippen LogP contribution is 2.36. The first-order valence-corrected chi connectivity index (χ1v) is 12.9. The predicted octanol–water partition coefficient (Wildman–Crippen LogP) is 7.61. The number of hydrogen-bond donors (Lipinski definition) is 0. The summed E-state index contributed by atoms with van der Waals surface area (Å²) in [6.45, 7) is 6.67. The molecule has 5 rings (SSSR count). The standard InChI is InChI=1S/C32H33NO3/c1-21(2)26-16-14-22(3)18-30(26)36-32(35)25-15-17-29-27(19-25)28(23-10-6-4-7-11-23)20-33(29)31(34)24-12-8-5-9-13-24/h4-13,15,17,19-22,26,30H,14,16,18H2,1-3H3/t22-,26+,30-/m1/s1. The zero-order valence-corrected chi connectivity index (χ0v) is 21.2. The molecule has 0 unspecified atom stereocenters. The molecule has 1 aromatic heterocycles. The second-order valence-corrected chi connectivity index (χ2v) is 10.5. The fourth-order valence-corrected chi connectivity index (χ4v) is 5.55. The van der Waals surface area contributed by atoms with Crippen molar-refractivity contribution >= 4 is 22.8 Å². The Morgan fingerprint density at radius 1 is 0.889 bits per heavy atom. The fraction of sp³-hybridized carbons (Fsp3) is 0.312. The first-order chi connectivity index (χ1) is 17.4. The van der Waals surface area contributed by atoms with E-state index in [1.54, 1.807) is 10.6 Å². The molecular weight excluding hydrogens is 446 g/mol. The molecule has 184 valence electrons. The van der Waals surface area contributed by atoms with Gasteiger partial charge in [-0.25, -0.2) is 4.79 Å². The third-order valence-corrected chi connectivity index (χ3v) is 7.58. The van der Waals surface area contributed by atoms with E-state index in [9.17, 15) is 9.59 Å². The van der Waals surface area contributed by atoms with Gasteiger partial charge in [0.2, 0.25) is 0 Å². The molecular formula is C32H33NO3. The Labute approximate surface area is 212 Å². The van der Waals surface area contributed by atoms with E-state index in [-0.39, 0.29) is 18.0 Å². The number of aromatic nitrogens is 1. The van der Waals surface area contributed by atoms with Crippen molar-refractivity contribution in [3.63, 3.8) is 0 Å². The van der Waals surface area contributed by atoms with E-state index in [4.69, 9.17) is 4.74 Å². The van der Waals surface area contributed by atoms with Gasteiger partial charge in [-0.05, 0) is 66.5 Å². The molecule has 36 heavy (non-hydrogen) atoms. The number of carbonyl (C=O) groups excluding carboxylic acids is 2. The molecule has 3 aromatic carbocycles. The quantitative estimate of drug-likeness (QED) is 0.277. The van der Waals surface area contributed by atoms with Gasteiger partial charge in [-0.3, -0.25) is 9.36 Å². The third kappa shape index (κ3) is 4.73. The van der Waals surface area contributed by atoms with Gasteiger partial charge in [0.25, 0.3) is 5.91 Å². The second-order valence-electron chi connectivity index (χ2n) is 10.5. The Morgan fingerprint density at radius 3 is 2.28 bits per heavy atom. The van der Waals surface area contributed by atoms with Crippen molar-refractivity contribution in [3.05, 3.63) is 96.2 Å². The van der Waals surface area contributed by atoms with Gasteiger partial charge in [-0.15, -0.1) is 0 Å². The summed E-state index contributed by atoms with van der Waals surface area (Å²) in [5.41, 5.74) is 3.81. The van der Waals surface area contributed by atoms with Gasteiger partial charge in [-0.1, -0.05) is 75.7 Å². The second kappa shape index (κ2) is 10.1. The van der Waals surface area contributed by atoms with Crippen LogP contribution in [0.5, 0.6) is 0 Å². The SMILES string of the molecule is CC(C)[C@@H]1CC[C@@H](C)C[C@H]1OC(=O)c1ccc2c(c1)c(-c1ccccc1)cn2C(=O)c1ccccc1. The van der Waals surface area contributed by atoms with Crippen LogP contribution in [0.4, 0.5) is 0 Å². The number of esters is 1. The molecule has 4 aromatic rings. The van der Waals surface area contributed by atoms with Crippen molar-refractivity contribution < 1.29 is 14.3 Å². The van der Waals surface area contributed by atoms with Crippen LogP contribution in [-0.2, 0) is 4.74 Å². The number of hydrogen-bond acceptors (Lipinski definition) is 3. The van der Waals surface area contributed by atoms with Crippen molar-refractivity contribution in [1.29, 1.82) is 0 Å². The zero-order valence-electron chi connectivity index (χ0n) is 21.2. The summed E-state index contributed by atoms with van der Waals surface area (Å²) in [6.07, 6.45) is 5.01. The lowest BCUT2D eigenvalue weighted by Gasteiger charge is -2.36. The van der Waals surface area contributed by atoms with Crippen LogP contribution in [0.3, 0.4) is 0 Å². The molecule has 0 saturated heterocycles. The van der Waals surface area contributed by atoms with Gasteiger partial charge in [0, 0.05) is 22.7 Å². The normalized spacial score (nSPS) is 19.9. The van der Waals surface area contributed by atoms with Crippen LogP contribution in [0, 0.1) is 17.8 Å². The van der Waals surface area contributed by atoms with Gasteiger partial charge >= 0.3 is 5.97 Å². The van der Waals surface area contributed by atoms with Gasteiger partial charge in [-0.2, -0.15) is 0 Å². The summed E-state index contributed by atoms with van der Waals surface area (Å²) in [6, 6.07) is 24.8. The van der Waals surface area contributed by atoms with Crippen LogP contribution >= 0.6 is 0 Å². The minimum absolute atomic E-state index is 0.0604. The van der Waals surface area contributed by atoms with Crippen LogP contribution in [0.15, 0.2) is 85.1 Å². The molecule has 0 bridgehead atoms. The molecule has 0 aliphatic heterocycles. The Bertz CT molecular complexity index is 1370. The monoisotopic (exact) mass is 479 g/mol. The van der Waals surface area contributed by atoms with E-state index < -0.39 is 0 Å². The maximum atomic E-state index is 13.4. The van der Waals surface area contributed by atoms with Crippen molar-refractivity contribution in [2.75, 3.05) is 0 Å². The highest BCUT2D eigenvalue weighted by Gasteiger charge is 2.33. The molecule has 1 saturated carbocycles. The number of ether oxygens (including phenoxy) is 1.